The van der Waals surface area contributed by atoms with Gasteiger partial charge in [0.15, 0.2) is 0 Å². The van der Waals surface area contributed by atoms with E-state index in [-0.39, 0.29) is 5.41 Å². The lowest BCUT2D eigenvalue weighted by atomic mass is 9.70. The molecular formula is C55H45NSi. The Labute approximate surface area is 338 Å². The normalized spacial score (nSPS) is 14.7. The van der Waals surface area contributed by atoms with Crippen LogP contribution in [0.3, 0.4) is 0 Å². The minimum Gasteiger partial charge on any atom is -0.310 e. The van der Waals surface area contributed by atoms with Crippen molar-refractivity contribution < 1.29 is 0 Å². The van der Waals surface area contributed by atoms with Gasteiger partial charge in [-0.15, -0.1) is 0 Å². The van der Waals surface area contributed by atoms with Crippen LogP contribution >= 0.6 is 0 Å². The highest BCUT2D eigenvalue weighted by molar-refractivity contribution is 6.88. The third-order valence-corrected chi connectivity index (χ3v) is 15.3. The van der Waals surface area contributed by atoms with E-state index in [2.05, 4.69) is 220 Å². The van der Waals surface area contributed by atoms with E-state index in [1.165, 1.54) is 88.8 Å². The fourth-order valence-corrected chi connectivity index (χ4v) is 11.6. The number of benzene rings is 8. The second kappa shape index (κ2) is 12.1. The summed E-state index contributed by atoms with van der Waals surface area (Å²) in [6, 6.07) is 69.0. The second-order valence-corrected chi connectivity index (χ2v) is 22.8. The highest BCUT2D eigenvalue weighted by Gasteiger charge is 2.51. The van der Waals surface area contributed by atoms with Crippen molar-refractivity contribution >= 4 is 30.3 Å². The van der Waals surface area contributed by atoms with Gasteiger partial charge in [0.2, 0.25) is 0 Å². The number of fused-ring (bicyclic) bond motifs is 13. The molecule has 2 heteroatoms. The number of hydrogen-bond acceptors (Lipinski definition) is 1. The highest BCUT2D eigenvalue weighted by atomic mass is 28.3. The standard InChI is InChI=1S/C55H45NSi/c1-54(2)48-18-10-6-14-42(48)46-32-28-39(34-52(46)54)56(38-26-22-36(23-27-38)37-24-30-41(31-25-37)57(3,4)5)40-29-33-47-45-17-9-13-21-51(45)55(53(47)35-40)49-19-11-7-15-43(49)44-16-8-12-20-50(44)55/h6-35H,1-5H3. The van der Waals surface area contributed by atoms with E-state index < -0.39 is 13.5 Å². The zero-order chi connectivity index (χ0) is 38.7. The van der Waals surface area contributed by atoms with Crippen molar-refractivity contribution in [1.82, 2.24) is 0 Å². The lowest BCUT2D eigenvalue weighted by molar-refractivity contribution is 0.660. The Morgan fingerprint density at radius 3 is 1.21 bits per heavy atom. The molecule has 0 aromatic heterocycles. The molecular weight excluding hydrogens is 703 g/mol. The summed E-state index contributed by atoms with van der Waals surface area (Å²) < 4.78 is 0. The molecule has 0 bridgehead atoms. The lowest BCUT2D eigenvalue weighted by Gasteiger charge is -2.32. The predicted octanol–water partition coefficient (Wildman–Crippen LogP) is 14.0. The summed E-state index contributed by atoms with van der Waals surface area (Å²) in [6.45, 7) is 12.0. The Bertz CT molecular complexity index is 2840. The monoisotopic (exact) mass is 747 g/mol. The van der Waals surface area contributed by atoms with Gasteiger partial charge in [0, 0.05) is 22.5 Å². The van der Waals surface area contributed by atoms with E-state index in [0.717, 1.165) is 11.4 Å². The summed E-state index contributed by atoms with van der Waals surface area (Å²) in [5.41, 5.74) is 21.6. The van der Waals surface area contributed by atoms with Gasteiger partial charge in [0.25, 0.3) is 0 Å². The SMILES string of the molecule is CC1(C)c2ccccc2-c2ccc(N(c3ccc(-c4ccc([Si](C)(C)C)cc4)cc3)c3ccc4c(c3)C3(c5ccccc5-c5ccccc53)c3ccccc3-4)cc21. The molecule has 11 rings (SSSR count). The van der Waals surface area contributed by atoms with Gasteiger partial charge in [-0.25, -0.2) is 0 Å². The van der Waals surface area contributed by atoms with Crippen molar-refractivity contribution in [3.63, 3.8) is 0 Å². The molecule has 0 saturated carbocycles. The molecule has 274 valence electrons. The highest BCUT2D eigenvalue weighted by Crippen LogP contribution is 2.63. The van der Waals surface area contributed by atoms with Crippen molar-refractivity contribution in [2.75, 3.05) is 4.90 Å². The average Bonchev–Trinajstić information content (AvgIpc) is 3.79. The van der Waals surface area contributed by atoms with Gasteiger partial charge in [-0.3, -0.25) is 0 Å². The molecule has 8 aromatic carbocycles. The summed E-state index contributed by atoms with van der Waals surface area (Å²) in [7, 11) is -1.38. The molecule has 1 nitrogen and oxygen atoms in total. The van der Waals surface area contributed by atoms with Gasteiger partial charge < -0.3 is 4.90 Å². The van der Waals surface area contributed by atoms with Gasteiger partial charge >= 0.3 is 0 Å². The first-order valence-electron chi connectivity index (χ1n) is 20.3. The third-order valence-electron chi connectivity index (χ3n) is 13.3. The smallest absolute Gasteiger partial charge is 0.0775 e. The van der Waals surface area contributed by atoms with Gasteiger partial charge in [-0.05, 0) is 114 Å². The van der Waals surface area contributed by atoms with Gasteiger partial charge in [0.1, 0.15) is 0 Å². The number of rotatable bonds is 5. The average molecular weight is 748 g/mol. The van der Waals surface area contributed by atoms with E-state index >= 15 is 0 Å². The molecule has 0 saturated heterocycles. The van der Waals surface area contributed by atoms with Crippen molar-refractivity contribution in [3.05, 3.63) is 215 Å². The predicted molar refractivity (Wildman–Crippen MR) is 243 cm³/mol. The molecule has 57 heavy (non-hydrogen) atoms. The molecule has 0 fully saturated rings. The zero-order valence-corrected chi connectivity index (χ0v) is 34.3. The van der Waals surface area contributed by atoms with E-state index in [0.29, 0.717) is 0 Å². The fraction of sp³-hybridized carbons (Fsp3) is 0.127. The molecule has 0 amide bonds. The van der Waals surface area contributed by atoms with Crippen molar-refractivity contribution in [2.24, 2.45) is 0 Å². The maximum absolute atomic E-state index is 2.50. The first kappa shape index (κ1) is 34.1. The summed E-state index contributed by atoms with van der Waals surface area (Å²) >= 11 is 0. The molecule has 3 aliphatic carbocycles. The minimum atomic E-state index is -1.38. The maximum Gasteiger partial charge on any atom is 0.0775 e. The summed E-state index contributed by atoms with van der Waals surface area (Å²) in [4.78, 5) is 2.49. The molecule has 0 atom stereocenters. The summed E-state index contributed by atoms with van der Waals surface area (Å²) in [5, 5.41) is 1.49. The second-order valence-electron chi connectivity index (χ2n) is 17.7. The molecule has 0 heterocycles. The molecule has 1 spiro atoms. The van der Waals surface area contributed by atoms with E-state index in [1.54, 1.807) is 0 Å². The Morgan fingerprint density at radius 2 is 0.719 bits per heavy atom. The third kappa shape index (κ3) is 4.80. The lowest BCUT2D eigenvalue weighted by Crippen LogP contribution is -2.37. The van der Waals surface area contributed by atoms with E-state index in [4.69, 9.17) is 0 Å². The summed E-state index contributed by atoms with van der Waals surface area (Å²) in [6.07, 6.45) is 0. The van der Waals surface area contributed by atoms with E-state index in [1.807, 2.05) is 0 Å². The Balaban J connectivity index is 1.12. The molecule has 0 unspecified atom stereocenters. The van der Waals surface area contributed by atoms with Crippen molar-refractivity contribution in [1.29, 1.82) is 0 Å². The first-order chi connectivity index (χ1) is 27.7. The fourth-order valence-electron chi connectivity index (χ4n) is 10.5. The van der Waals surface area contributed by atoms with Crippen LogP contribution in [0, 0.1) is 0 Å². The van der Waals surface area contributed by atoms with Gasteiger partial charge in [-0.1, -0.05) is 184 Å². The van der Waals surface area contributed by atoms with Gasteiger partial charge in [0.05, 0.1) is 13.5 Å². The van der Waals surface area contributed by atoms with Crippen LogP contribution in [-0.2, 0) is 10.8 Å². The quantitative estimate of drug-likeness (QED) is 0.159. The molecule has 0 aliphatic heterocycles. The Hall–Kier alpha value is -6.22. The minimum absolute atomic E-state index is 0.111. The number of anilines is 3. The Morgan fingerprint density at radius 1 is 0.351 bits per heavy atom. The van der Waals surface area contributed by atoms with Crippen LogP contribution in [0.1, 0.15) is 47.2 Å². The van der Waals surface area contributed by atoms with Crippen LogP contribution in [0.15, 0.2) is 182 Å². The Kier molecular flexibility index (Phi) is 7.25. The van der Waals surface area contributed by atoms with Crippen LogP contribution < -0.4 is 10.1 Å². The van der Waals surface area contributed by atoms with Crippen LogP contribution in [0.25, 0.3) is 44.5 Å². The maximum atomic E-state index is 2.50. The zero-order valence-electron chi connectivity index (χ0n) is 33.3. The molecule has 0 radical (unpaired) electrons. The number of hydrogen-bond donors (Lipinski definition) is 0. The largest absolute Gasteiger partial charge is 0.310 e. The first-order valence-corrected chi connectivity index (χ1v) is 23.8. The van der Waals surface area contributed by atoms with Crippen molar-refractivity contribution in [2.45, 2.75) is 44.3 Å². The van der Waals surface area contributed by atoms with Crippen molar-refractivity contribution in [3.8, 4) is 44.5 Å². The topological polar surface area (TPSA) is 3.24 Å². The summed E-state index contributed by atoms with van der Waals surface area (Å²) in [5.74, 6) is 0. The molecule has 3 aliphatic rings. The van der Waals surface area contributed by atoms with Crippen LogP contribution in [-0.4, -0.2) is 8.07 Å². The molecule has 8 aromatic rings. The van der Waals surface area contributed by atoms with Crippen LogP contribution in [0.4, 0.5) is 17.1 Å². The van der Waals surface area contributed by atoms with E-state index in [9.17, 15) is 0 Å². The van der Waals surface area contributed by atoms with Gasteiger partial charge in [-0.2, -0.15) is 0 Å². The molecule has 0 N–H and O–H groups in total. The van der Waals surface area contributed by atoms with Crippen LogP contribution in [0.2, 0.25) is 19.6 Å². The van der Waals surface area contributed by atoms with Crippen LogP contribution in [0.5, 0.6) is 0 Å². The number of nitrogens with zero attached hydrogens (tertiary/aromatic N) is 1.